The Morgan fingerprint density at radius 1 is 1.38 bits per heavy atom. The van der Waals surface area contributed by atoms with Crippen LogP contribution in [0, 0.1) is 5.41 Å². The van der Waals surface area contributed by atoms with Crippen molar-refractivity contribution in [3.63, 3.8) is 0 Å². The fourth-order valence-electron chi connectivity index (χ4n) is 1.00. The maximum atomic E-state index is 11.0. The van der Waals surface area contributed by atoms with Crippen LogP contribution < -0.4 is 10.6 Å². The van der Waals surface area contributed by atoms with Crippen LogP contribution in [0.25, 0.3) is 0 Å². The van der Waals surface area contributed by atoms with Crippen LogP contribution >= 0.6 is 23.2 Å². The van der Waals surface area contributed by atoms with Crippen molar-refractivity contribution < 1.29 is 4.79 Å². The minimum Gasteiger partial charge on any atom is -0.324 e. The molecule has 1 aromatic rings. The second-order valence-electron chi connectivity index (χ2n) is 3.00. The zero-order valence-electron chi connectivity index (χ0n) is 8.60. The molecule has 0 aliphatic heterocycles. The van der Waals surface area contributed by atoms with Gasteiger partial charge in [-0.05, 0) is 12.1 Å². The maximum absolute atomic E-state index is 11.0. The topological polar surface area (TPSA) is 65.0 Å². The molecule has 0 aliphatic rings. The molecule has 0 saturated carbocycles. The Labute approximate surface area is 103 Å². The Bertz CT molecular complexity index is 400. The molecule has 1 aromatic carbocycles. The van der Waals surface area contributed by atoms with Crippen molar-refractivity contribution in [2.45, 2.75) is 13.3 Å². The van der Waals surface area contributed by atoms with Gasteiger partial charge < -0.3 is 5.32 Å². The Hall–Kier alpha value is -1.26. The van der Waals surface area contributed by atoms with E-state index >= 15 is 0 Å². The van der Waals surface area contributed by atoms with Gasteiger partial charge in [-0.2, -0.15) is 0 Å². The van der Waals surface area contributed by atoms with Crippen LogP contribution in [0.4, 0.5) is 5.69 Å². The molecule has 0 aliphatic carbocycles. The molecule has 0 saturated heterocycles. The van der Waals surface area contributed by atoms with Crippen molar-refractivity contribution >= 4 is 40.8 Å². The fourth-order valence-corrected chi connectivity index (χ4v) is 1.49. The lowest BCUT2D eigenvalue weighted by molar-refractivity contribution is -0.119. The van der Waals surface area contributed by atoms with Gasteiger partial charge in [0.15, 0.2) is 5.96 Å². The van der Waals surface area contributed by atoms with Crippen LogP contribution in [0.2, 0.25) is 10.0 Å². The highest BCUT2D eigenvalue weighted by atomic mass is 35.5. The Kier molecular flexibility index (Phi) is 4.58. The Morgan fingerprint density at radius 3 is 2.44 bits per heavy atom. The number of rotatable bonds is 2. The summed E-state index contributed by atoms with van der Waals surface area (Å²) in [6.45, 7) is 1.70. The molecule has 3 N–H and O–H groups in total. The van der Waals surface area contributed by atoms with E-state index in [0.717, 1.165) is 0 Å². The van der Waals surface area contributed by atoms with E-state index in [0.29, 0.717) is 22.2 Å². The molecule has 0 aromatic heterocycles. The molecule has 86 valence electrons. The molecular formula is C10H11Cl2N3O. The van der Waals surface area contributed by atoms with E-state index < -0.39 is 0 Å². The average molecular weight is 260 g/mol. The van der Waals surface area contributed by atoms with Gasteiger partial charge in [0.25, 0.3) is 0 Å². The third kappa shape index (κ3) is 3.40. The summed E-state index contributed by atoms with van der Waals surface area (Å²) in [5, 5.41) is 13.3. The van der Waals surface area contributed by atoms with Crippen molar-refractivity contribution in [2.75, 3.05) is 5.32 Å². The van der Waals surface area contributed by atoms with Gasteiger partial charge in [-0.25, -0.2) is 0 Å². The first kappa shape index (κ1) is 12.8. The van der Waals surface area contributed by atoms with E-state index in [-0.39, 0.29) is 11.9 Å². The van der Waals surface area contributed by atoms with Gasteiger partial charge in [0.2, 0.25) is 5.91 Å². The van der Waals surface area contributed by atoms with Crippen LogP contribution in [0.3, 0.4) is 0 Å². The van der Waals surface area contributed by atoms with Crippen LogP contribution in [0.1, 0.15) is 13.3 Å². The number of carbonyl (C=O) groups excluding carboxylic acids is 1. The minimum absolute atomic E-state index is 0.151. The summed E-state index contributed by atoms with van der Waals surface area (Å²) in [5.74, 6) is -0.400. The zero-order chi connectivity index (χ0) is 12.1. The van der Waals surface area contributed by atoms with Crippen LogP contribution in [0.5, 0.6) is 0 Å². The lowest BCUT2D eigenvalue weighted by Crippen LogP contribution is -2.34. The van der Waals surface area contributed by atoms with Crippen molar-refractivity contribution in [3.05, 3.63) is 28.2 Å². The van der Waals surface area contributed by atoms with Gasteiger partial charge >= 0.3 is 0 Å². The summed E-state index contributed by atoms with van der Waals surface area (Å²) in [5.41, 5.74) is 0.409. The smallest absolute Gasteiger partial charge is 0.226 e. The largest absolute Gasteiger partial charge is 0.324 e. The van der Waals surface area contributed by atoms with Crippen molar-refractivity contribution in [1.29, 1.82) is 5.41 Å². The molecule has 16 heavy (non-hydrogen) atoms. The Morgan fingerprint density at radius 2 is 1.94 bits per heavy atom. The molecule has 4 nitrogen and oxygen atoms in total. The molecule has 0 atom stereocenters. The molecular weight excluding hydrogens is 249 g/mol. The van der Waals surface area contributed by atoms with Gasteiger partial charge in [0.1, 0.15) is 0 Å². The molecule has 0 unspecified atom stereocenters. The monoisotopic (exact) mass is 259 g/mol. The highest BCUT2D eigenvalue weighted by molar-refractivity contribution is 6.39. The second kappa shape index (κ2) is 5.72. The summed E-state index contributed by atoms with van der Waals surface area (Å²) >= 11 is 11.8. The van der Waals surface area contributed by atoms with Crippen LogP contribution in [0.15, 0.2) is 18.2 Å². The molecule has 1 amide bonds. The quantitative estimate of drug-likeness (QED) is 0.565. The van der Waals surface area contributed by atoms with E-state index in [1.807, 2.05) is 0 Å². The second-order valence-corrected chi connectivity index (χ2v) is 3.81. The normalized spacial score (nSPS) is 9.69. The standard InChI is InChI=1S/C10H11Cl2N3O/c1-2-8(16)14-10(13)15-9-6(11)4-3-5-7(9)12/h3-5H,2H2,1H3,(H3,13,14,15,16). The van der Waals surface area contributed by atoms with E-state index in [1.165, 1.54) is 0 Å². The van der Waals surface area contributed by atoms with E-state index in [4.69, 9.17) is 28.6 Å². The first-order valence-electron chi connectivity index (χ1n) is 4.64. The number of anilines is 1. The fraction of sp³-hybridized carbons (Fsp3) is 0.200. The molecule has 0 heterocycles. The number of carbonyl (C=O) groups is 1. The van der Waals surface area contributed by atoms with E-state index in [2.05, 4.69) is 10.6 Å². The summed E-state index contributed by atoms with van der Waals surface area (Å²) < 4.78 is 0. The average Bonchev–Trinajstić information content (AvgIpc) is 2.23. The van der Waals surface area contributed by atoms with Gasteiger partial charge in [0, 0.05) is 6.42 Å². The lowest BCUT2D eigenvalue weighted by atomic mass is 10.3. The number of hydrogen-bond donors (Lipinski definition) is 3. The highest BCUT2D eigenvalue weighted by Gasteiger charge is 2.08. The Balaban J connectivity index is 2.73. The molecule has 0 bridgehead atoms. The summed E-state index contributed by atoms with van der Waals surface area (Å²) in [6.07, 6.45) is 0.306. The van der Waals surface area contributed by atoms with Gasteiger partial charge in [-0.3, -0.25) is 15.5 Å². The van der Waals surface area contributed by atoms with Crippen molar-refractivity contribution in [3.8, 4) is 0 Å². The number of benzene rings is 1. The molecule has 0 radical (unpaired) electrons. The van der Waals surface area contributed by atoms with Crippen LogP contribution in [-0.2, 0) is 4.79 Å². The molecule has 6 heteroatoms. The molecule has 0 spiro atoms. The summed E-state index contributed by atoms with van der Waals surface area (Å²) in [6, 6.07) is 4.99. The van der Waals surface area contributed by atoms with Crippen LogP contribution in [-0.4, -0.2) is 11.9 Å². The number of amides is 1. The number of nitrogens with one attached hydrogen (secondary N) is 3. The van der Waals surface area contributed by atoms with Crippen molar-refractivity contribution in [2.24, 2.45) is 0 Å². The number of guanidine groups is 1. The van der Waals surface area contributed by atoms with E-state index in [9.17, 15) is 4.79 Å². The van der Waals surface area contributed by atoms with Gasteiger partial charge in [-0.1, -0.05) is 36.2 Å². The molecule has 1 rings (SSSR count). The number of hydrogen-bond acceptors (Lipinski definition) is 2. The number of para-hydroxylation sites is 1. The SMILES string of the molecule is CCC(=O)NC(=N)Nc1c(Cl)cccc1Cl. The first-order valence-corrected chi connectivity index (χ1v) is 5.39. The third-order valence-electron chi connectivity index (χ3n) is 1.80. The van der Waals surface area contributed by atoms with Gasteiger partial charge in [0.05, 0.1) is 15.7 Å². The third-order valence-corrected chi connectivity index (χ3v) is 2.43. The summed E-state index contributed by atoms with van der Waals surface area (Å²) in [7, 11) is 0. The predicted molar refractivity (Wildman–Crippen MR) is 66.2 cm³/mol. The first-order chi connectivity index (χ1) is 7.54. The molecule has 0 fully saturated rings. The van der Waals surface area contributed by atoms with Crippen molar-refractivity contribution in [1.82, 2.24) is 5.32 Å². The minimum atomic E-state index is -0.249. The predicted octanol–water partition coefficient (Wildman–Crippen LogP) is 2.87. The summed E-state index contributed by atoms with van der Waals surface area (Å²) in [4.78, 5) is 11.0. The maximum Gasteiger partial charge on any atom is 0.226 e. The highest BCUT2D eigenvalue weighted by Crippen LogP contribution is 2.29. The zero-order valence-corrected chi connectivity index (χ0v) is 10.1. The van der Waals surface area contributed by atoms with Gasteiger partial charge in [-0.15, -0.1) is 0 Å². The van der Waals surface area contributed by atoms with E-state index in [1.54, 1.807) is 25.1 Å². The lowest BCUT2D eigenvalue weighted by Gasteiger charge is -2.11. The number of halogens is 2.